The molecule has 0 saturated carbocycles. The molecule has 0 spiro atoms. The Morgan fingerprint density at radius 3 is 2.52 bits per heavy atom. The maximum absolute atomic E-state index is 13.2. The number of para-hydroxylation sites is 1. The van der Waals surface area contributed by atoms with Gasteiger partial charge < -0.3 is 23.8 Å². The van der Waals surface area contributed by atoms with Gasteiger partial charge in [0.2, 0.25) is 0 Å². The molecule has 1 aliphatic rings. The van der Waals surface area contributed by atoms with Crippen LogP contribution in [0.25, 0.3) is 0 Å². The second-order valence-corrected chi connectivity index (χ2v) is 6.24. The lowest BCUT2D eigenvalue weighted by atomic mass is 10.1. The fourth-order valence-electron chi connectivity index (χ4n) is 3.15. The molecule has 0 radical (unpaired) electrons. The monoisotopic (exact) mass is 402 g/mol. The number of amides is 1. The molecule has 154 valence electrons. The van der Waals surface area contributed by atoms with Crippen LogP contribution in [0.1, 0.15) is 22.8 Å². The summed E-state index contributed by atoms with van der Waals surface area (Å²) in [6.07, 6.45) is 0. The minimum atomic E-state index is -0.607. The molecule has 1 heterocycles. The molecule has 0 fully saturated rings. The van der Waals surface area contributed by atoms with Crippen molar-refractivity contribution in [2.24, 2.45) is 0 Å². The number of ether oxygens (including phenoxy) is 4. The maximum atomic E-state index is 13.2. The molecular formula is C20H22N2O7. The lowest BCUT2D eigenvalue weighted by Crippen LogP contribution is -2.31. The first-order valence-electron chi connectivity index (χ1n) is 9.07. The molecule has 1 amide bonds. The number of methoxy groups -OCH3 is 2. The van der Waals surface area contributed by atoms with E-state index in [1.165, 1.54) is 31.3 Å². The molecule has 0 atom stereocenters. The third kappa shape index (κ3) is 4.03. The number of nitrogens with zero attached hydrogens (tertiary/aromatic N) is 2. The van der Waals surface area contributed by atoms with Crippen LogP contribution in [0.4, 0.5) is 5.69 Å². The van der Waals surface area contributed by atoms with Gasteiger partial charge >= 0.3 is 0 Å². The molecule has 2 aromatic rings. The van der Waals surface area contributed by atoms with Crippen LogP contribution in [-0.4, -0.2) is 49.7 Å². The van der Waals surface area contributed by atoms with Crippen molar-refractivity contribution in [1.29, 1.82) is 0 Å². The Balaban J connectivity index is 1.97. The summed E-state index contributed by atoms with van der Waals surface area (Å²) >= 11 is 0. The molecule has 9 heteroatoms. The van der Waals surface area contributed by atoms with Crippen molar-refractivity contribution in [3.05, 3.63) is 51.6 Å². The van der Waals surface area contributed by atoms with E-state index >= 15 is 0 Å². The van der Waals surface area contributed by atoms with E-state index in [0.29, 0.717) is 31.3 Å². The lowest BCUT2D eigenvalue weighted by Gasteiger charge is -2.25. The van der Waals surface area contributed by atoms with Crippen molar-refractivity contribution in [1.82, 2.24) is 4.90 Å². The summed E-state index contributed by atoms with van der Waals surface area (Å²) in [5.41, 5.74) is 0.345. The van der Waals surface area contributed by atoms with E-state index in [1.54, 1.807) is 13.0 Å². The van der Waals surface area contributed by atoms with E-state index < -0.39 is 10.8 Å². The van der Waals surface area contributed by atoms with Crippen LogP contribution in [0.2, 0.25) is 0 Å². The third-order valence-corrected chi connectivity index (χ3v) is 4.61. The van der Waals surface area contributed by atoms with Crippen molar-refractivity contribution in [3.8, 4) is 23.0 Å². The van der Waals surface area contributed by atoms with Gasteiger partial charge in [0.1, 0.15) is 18.8 Å². The fourth-order valence-corrected chi connectivity index (χ4v) is 3.15. The van der Waals surface area contributed by atoms with Gasteiger partial charge in [-0.15, -0.1) is 0 Å². The summed E-state index contributed by atoms with van der Waals surface area (Å²) in [5.74, 6) is 1.14. The smallest absolute Gasteiger partial charge is 0.286 e. The van der Waals surface area contributed by atoms with E-state index in [-0.39, 0.29) is 29.3 Å². The van der Waals surface area contributed by atoms with Crippen LogP contribution in [0.15, 0.2) is 30.3 Å². The van der Waals surface area contributed by atoms with Crippen molar-refractivity contribution < 1.29 is 28.7 Å². The minimum Gasteiger partial charge on any atom is -0.493 e. The van der Waals surface area contributed by atoms with Gasteiger partial charge in [0.05, 0.1) is 25.2 Å². The van der Waals surface area contributed by atoms with Gasteiger partial charge in [0.15, 0.2) is 23.0 Å². The molecule has 0 aromatic heterocycles. The van der Waals surface area contributed by atoms with E-state index in [1.807, 2.05) is 12.1 Å². The highest BCUT2D eigenvalue weighted by Gasteiger charge is 2.28. The summed E-state index contributed by atoms with van der Waals surface area (Å²) in [4.78, 5) is 25.6. The SMILES string of the molecule is CCN(Cc1cccc2c1OCCO2)C(=O)c1cc(OC)c(OC)cc1[N+](=O)[O-]. The number of fused-ring (bicyclic) bond motifs is 1. The molecule has 0 bridgehead atoms. The van der Waals surface area contributed by atoms with Crippen LogP contribution in [0, 0.1) is 10.1 Å². The summed E-state index contributed by atoms with van der Waals surface area (Å²) < 4.78 is 21.6. The molecule has 29 heavy (non-hydrogen) atoms. The average molecular weight is 402 g/mol. The van der Waals surface area contributed by atoms with Gasteiger partial charge in [0.25, 0.3) is 11.6 Å². The molecule has 0 aliphatic carbocycles. The Morgan fingerprint density at radius 1 is 1.17 bits per heavy atom. The van der Waals surface area contributed by atoms with Crippen LogP contribution in [0.3, 0.4) is 0 Å². The Morgan fingerprint density at radius 2 is 1.86 bits per heavy atom. The maximum Gasteiger partial charge on any atom is 0.286 e. The van der Waals surface area contributed by atoms with Gasteiger partial charge in [-0.05, 0) is 13.0 Å². The topological polar surface area (TPSA) is 100 Å². The van der Waals surface area contributed by atoms with Gasteiger partial charge in [-0.3, -0.25) is 14.9 Å². The molecule has 0 unspecified atom stereocenters. The highest BCUT2D eigenvalue weighted by atomic mass is 16.6. The predicted molar refractivity (Wildman–Crippen MR) is 104 cm³/mol. The Bertz CT molecular complexity index is 929. The number of carbonyl (C=O) groups is 1. The quantitative estimate of drug-likeness (QED) is 0.518. The number of benzene rings is 2. The molecular weight excluding hydrogens is 380 g/mol. The zero-order valence-electron chi connectivity index (χ0n) is 16.5. The molecule has 3 rings (SSSR count). The molecule has 0 saturated heterocycles. The normalized spacial score (nSPS) is 12.2. The van der Waals surface area contributed by atoms with E-state index in [4.69, 9.17) is 18.9 Å². The first-order chi connectivity index (χ1) is 14.0. The van der Waals surface area contributed by atoms with Crippen LogP contribution < -0.4 is 18.9 Å². The van der Waals surface area contributed by atoms with Crippen molar-refractivity contribution in [3.63, 3.8) is 0 Å². The summed E-state index contributed by atoms with van der Waals surface area (Å²) in [6, 6.07) is 7.99. The van der Waals surface area contributed by atoms with Gasteiger partial charge in [-0.25, -0.2) is 0 Å². The minimum absolute atomic E-state index is 0.0727. The van der Waals surface area contributed by atoms with Gasteiger partial charge in [-0.2, -0.15) is 0 Å². The number of nitro benzene ring substituents is 1. The number of hydrogen-bond acceptors (Lipinski definition) is 7. The van der Waals surface area contributed by atoms with E-state index in [9.17, 15) is 14.9 Å². The average Bonchev–Trinajstić information content (AvgIpc) is 2.75. The number of rotatable bonds is 7. The number of nitro groups is 1. The zero-order valence-corrected chi connectivity index (χ0v) is 16.5. The first-order valence-corrected chi connectivity index (χ1v) is 9.07. The van der Waals surface area contributed by atoms with Crippen LogP contribution >= 0.6 is 0 Å². The summed E-state index contributed by atoms with van der Waals surface area (Å²) in [7, 11) is 2.78. The highest BCUT2D eigenvalue weighted by Crippen LogP contribution is 2.37. The highest BCUT2D eigenvalue weighted by molar-refractivity contribution is 5.99. The first kappa shape index (κ1) is 20.2. The molecule has 1 aliphatic heterocycles. The summed E-state index contributed by atoms with van der Waals surface area (Å²) in [5, 5.41) is 11.6. The second kappa shape index (κ2) is 8.68. The standard InChI is InChI=1S/C20H22N2O7/c1-4-21(12-13-6-5-7-16-19(13)29-9-8-28-16)20(23)14-10-17(26-2)18(27-3)11-15(14)22(24)25/h5-7,10-11H,4,8-9,12H2,1-3H3. The fraction of sp³-hybridized carbons (Fsp3) is 0.350. The van der Waals surface area contributed by atoms with Crippen molar-refractivity contribution in [2.75, 3.05) is 34.0 Å². The Kier molecular flexibility index (Phi) is 6.06. The van der Waals surface area contributed by atoms with Crippen molar-refractivity contribution >= 4 is 11.6 Å². The zero-order chi connectivity index (χ0) is 21.0. The van der Waals surface area contributed by atoms with Crippen LogP contribution in [0.5, 0.6) is 23.0 Å². The molecule has 0 N–H and O–H groups in total. The van der Waals surface area contributed by atoms with E-state index in [0.717, 1.165) is 5.56 Å². The number of carbonyl (C=O) groups excluding carboxylic acids is 1. The van der Waals surface area contributed by atoms with Crippen molar-refractivity contribution in [2.45, 2.75) is 13.5 Å². The van der Waals surface area contributed by atoms with Crippen LogP contribution in [-0.2, 0) is 6.54 Å². The summed E-state index contributed by atoms with van der Waals surface area (Å²) in [6.45, 7) is 3.25. The third-order valence-electron chi connectivity index (χ3n) is 4.61. The Hall–Kier alpha value is -3.49. The second-order valence-electron chi connectivity index (χ2n) is 6.24. The number of hydrogen-bond donors (Lipinski definition) is 0. The Labute approximate surface area is 167 Å². The molecule has 9 nitrogen and oxygen atoms in total. The van der Waals surface area contributed by atoms with Gasteiger partial charge in [-0.1, -0.05) is 12.1 Å². The lowest BCUT2D eigenvalue weighted by molar-refractivity contribution is -0.385. The largest absolute Gasteiger partial charge is 0.493 e. The molecule has 2 aromatic carbocycles. The van der Waals surface area contributed by atoms with Gasteiger partial charge in [0, 0.05) is 24.7 Å². The van der Waals surface area contributed by atoms with E-state index in [2.05, 4.69) is 0 Å². The predicted octanol–water partition coefficient (Wildman–Crippen LogP) is 3.05.